The van der Waals surface area contributed by atoms with Crippen LogP contribution in [0.5, 0.6) is 0 Å². The number of rotatable bonds is 7. The van der Waals surface area contributed by atoms with Crippen molar-refractivity contribution >= 4 is 122 Å². The lowest BCUT2D eigenvalue weighted by Crippen LogP contribution is -2.37. The zero-order valence-electron chi connectivity index (χ0n) is 32.6. The van der Waals surface area contributed by atoms with Crippen molar-refractivity contribution in [2.45, 2.75) is 19.6 Å². The maximum atomic E-state index is 6.23. The molecule has 0 spiro atoms. The van der Waals surface area contributed by atoms with Gasteiger partial charge >= 0.3 is 0 Å². The Hall–Kier alpha value is -6.66. The maximum absolute atomic E-state index is 6.23. The predicted octanol–water partition coefficient (Wildman–Crippen LogP) is 15.7. The lowest BCUT2D eigenvalue weighted by Gasteiger charge is -2.26. The Kier molecular flexibility index (Phi) is 8.04. The summed E-state index contributed by atoms with van der Waals surface area (Å²) in [7, 11) is -1.43. The Morgan fingerprint density at radius 2 is 0.879 bits per heavy atom. The van der Waals surface area contributed by atoms with E-state index in [1.165, 1.54) is 52.6 Å². The van der Waals surface area contributed by atoms with E-state index in [0.717, 1.165) is 50.4 Å². The average Bonchev–Trinajstić information content (AvgIpc) is 3.83. The number of benzene rings is 9. The molecule has 11 rings (SSSR count). The van der Waals surface area contributed by atoms with Crippen molar-refractivity contribution in [2.75, 3.05) is 9.80 Å². The van der Waals surface area contributed by atoms with Crippen molar-refractivity contribution in [3.8, 4) is 0 Å². The Morgan fingerprint density at radius 3 is 1.57 bits per heavy atom. The normalized spacial score (nSPS) is 12.1. The summed E-state index contributed by atoms with van der Waals surface area (Å²) < 4.78 is 8.83. The summed E-state index contributed by atoms with van der Waals surface area (Å²) in [6, 6.07) is 68.5. The molecule has 0 atom stereocenters. The van der Waals surface area contributed by atoms with Crippen LogP contribution >= 0.6 is 11.3 Å². The van der Waals surface area contributed by atoms with Gasteiger partial charge in [0.2, 0.25) is 0 Å². The third-order valence-corrected chi connectivity index (χ3v) is 14.8. The topological polar surface area (TPSA) is 19.6 Å². The van der Waals surface area contributed by atoms with Crippen LogP contribution < -0.4 is 15.0 Å². The Morgan fingerprint density at radius 1 is 0.379 bits per heavy atom. The third-order valence-electron chi connectivity index (χ3n) is 11.6. The first-order valence-corrected chi connectivity index (χ1v) is 24.2. The van der Waals surface area contributed by atoms with Gasteiger partial charge in [0, 0.05) is 70.5 Å². The van der Waals surface area contributed by atoms with E-state index in [1.807, 2.05) is 23.5 Å². The molecule has 2 heterocycles. The molecule has 9 aromatic carbocycles. The summed E-state index contributed by atoms with van der Waals surface area (Å²) >= 11 is 1.90. The van der Waals surface area contributed by atoms with Crippen LogP contribution in [0.2, 0.25) is 19.6 Å². The maximum Gasteiger partial charge on any atom is 0.135 e. The van der Waals surface area contributed by atoms with Gasteiger partial charge in [0.15, 0.2) is 0 Å². The van der Waals surface area contributed by atoms with E-state index in [-0.39, 0.29) is 0 Å². The van der Waals surface area contributed by atoms with Crippen LogP contribution in [0.25, 0.3) is 63.7 Å². The molecule has 0 fully saturated rings. The SMILES string of the molecule is C[Si](C)(C)c1ccc(N(c2ccccc2)c2ccc3c(c2)sc2c4ccc(N(c5ccccc5)c5ccc6oc7ccccc7c6c5)cc4c4ccccc4c32)cc1. The van der Waals surface area contributed by atoms with E-state index in [1.54, 1.807) is 0 Å². The van der Waals surface area contributed by atoms with Gasteiger partial charge < -0.3 is 14.2 Å². The standard InChI is InChI=1S/C53H40N2OSSi/c1-58(2,3)41-27-22-37(23-28-41)54(35-14-6-4-7-15-35)40-25-30-46-51(34-40)57-53-45-29-24-38(32-47(45)42-18-10-11-20-44(42)52(46)53)55(36-16-8-5-9-17-36)39-26-31-50-48(33-39)43-19-12-13-21-49(43)56-50/h4-34H,1-3H3. The first-order valence-electron chi connectivity index (χ1n) is 19.9. The Balaban J connectivity index is 1.09. The number of nitrogens with zero attached hydrogens (tertiary/aromatic N) is 2. The molecule has 0 aliphatic carbocycles. The van der Waals surface area contributed by atoms with Crippen molar-refractivity contribution in [3.63, 3.8) is 0 Å². The van der Waals surface area contributed by atoms with Gasteiger partial charge in [-0.25, -0.2) is 0 Å². The minimum atomic E-state index is -1.43. The summed E-state index contributed by atoms with van der Waals surface area (Å²) in [4.78, 5) is 4.76. The van der Waals surface area contributed by atoms with Crippen molar-refractivity contribution in [1.82, 2.24) is 0 Å². The van der Waals surface area contributed by atoms with E-state index < -0.39 is 8.07 Å². The predicted molar refractivity (Wildman–Crippen MR) is 254 cm³/mol. The van der Waals surface area contributed by atoms with E-state index in [2.05, 4.69) is 205 Å². The Bertz CT molecular complexity index is 3330. The molecule has 0 unspecified atom stereocenters. The van der Waals surface area contributed by atoms with Crippen molar-refractivity contribution < 1.29 is 4.42 Å². The van der Waals surface area contributed by atoms with Crippen LogP contribution in [0, 0.1) is 0 Å². The fourth-order valence-electron chi connectivity index (χ4n) is 8.72. The quantitative estimate of drug-likeness (QED) is 0.119. The molecule has 0 radical (unpaired) electrons. The molecular weight excluding hydrogens is 741 g/mol. The number of para-hydroxylation sites is 3. The summed E-state index contributed by atoms with van der Waals surface area (Å²) in [5, 5.41) is 11.4. The summed E-state index contributed by atoms with van der Waals surface area (Å²) in [5.41, 5.74) is 8.57. The molecule has 0 aliphatic rings. The highest BCUT2D eigenvalue weighted by atomic mass is 32.1. The summed E-state index contributed by atoms with van der Waals surface area (Å²) in [6.45, 7) is 7.22. The number of thiophene rings is 1. The zero-order chi connectivity index (χ0) is 39.0. The number of furan rings is 1. The number of hydrogen-bond donors (Lipinski definition) is 0. The third kappa shape index (κ3) is 5.69. The lowest BCUT2D eigenvalue weighted by atomic mass is 9.96. The van der Waals surface area contributed by atoms with E-state index in [9.17, 15) is 0 Å². The van der Waals surface area contributed by atoms with Gasteiger partial charge in [-0.15, -0.1) is 11.3 Å². The molecular formula is C53H40N2OSSi. The molecule has 0 N–H and O–H groups in total. The molecule has 58 heavy (non-hydrogen) atoms. The van der Waals surface area contributed by atoms with Crippen LogP contribution in [-0.2, 0) is 0 Å². The van der Waals surface area contributed by atoms with Gasteiger partial charge in [-0.1, -0.05) is 128 Å². The van der Waals surface area contributed by atoms with Crippen molar-refractivity contribution in [2.24, 2.45) is 0 Å². The van der Waals surface area contributed by atoms with Crippen LogP contribution in [0.3, 0.4) is 0 Å². The van der Waals surface area contributed by atoms with Gasteiger partial charge in [-0.05, 0) is 101 Å². The molecule has 0 saturated heterocycles. The van der Waals surface area contributed by atoms with Gasteiger partial charge in [0.05, 0.1) is 8.07 Å². The second-order valence-corrected chi connectivity index (χ2v) is 22.3. The van der Waals surface area contributed by atoms with Crippen LogP contribution in [0.1, 0.15) is 0 Å². The van der Waals surface area contributed by atoms with Gasteiger partial charge in [0.25, 0.3) is 0 Å². The zero-order valence-corrected chi connectivity index (χ0v) is 34.4. The van der Waals surface area contributed by atoms with E-state index >= 15 is 0 Å². The summed E-state index contributed by atoms with van der Waals surface area (Å²) in [5.74, 6) is 0. The molecule has 0 amide bonds. The largest absolute Gasteiger partial charge is 0.456 e. The van der Waals surface area contributed by atoms with Gasteiger partial charge in [-0.2, -0.15) is 0 Å². The second-order valence-electron chi connectivity index (χ2n) is 16.2. The van der Waals surface area contributed by atoms with Gasteiger partial charge in [0.1, 0.15) is 11.2 Å². The van der Waals surface area contributed by atoms with E-state index in [0.29, 0.717) is 0 Å². The van der Waals surface area contributed by atoms with Crippen LogP contribution in [0.4, 0.5) is 34.1 Å². The molecule has 278 valence electrons. The second kappa shape index (κ2) is 13.5. The number of anilines is 6. The molecule has 0 bridgehead atoms. The summed E-state index contributed by atoms with van der Waals surface area (Å²) in [6.07, 6.45) is 0. The number of fused-ring (bicyclic) bond motifs is 11. The van der Waals surface area contributed by atoms with Crippen molar-refractivity contribution in [3.05, 3.63) is 188 Å². The molecule has 3 nitrogen and oxygen atoms in total. The lowest BCUT2D eigenvalue weighted by molar-refractivity contribution is 0.669. The smallest absolute Gasteiger partial charge is 0.135 e. The first-order chi connectivity index (χ1) is 28.4. The highest BCUT2D eigenvalue weighted by Crippen LogP contribution is 2.48. The minimum Gasteiger partial charge on any atom is -0.456 e. The number of hydrogen-bond acceptors (Lipinski definition) is 4. The molecule has 11 aromatic rings. The Labute approximate surface area is 342 Å². The molecule has 5 heteroatoms. The fraction of sp³-hybridized carbons (Fsp3) is 0.0566. The van der Waals surface area contributed by atoms with Crippen molar-refractivity contribution in [1.29, 1.82) is 0 Å². The molecule has 0 saturated carbocycles. The minimum absolute atomic E-state index is 0.893. The molecule has 2 aromatic heterocycles. The fourth-order valence-corrected chi connectivity index (χ4v) is 11.2. The van der Waals surface area contributed by atoms with Crippen LogP contribution in [-0.4, -0.2) is 8.07 Å². The van der Waals surface area contributed by atoms with Gasteiger partial charge in [-0.3, -0.25) is 0 Å². The van der Waals surface area contributed by atoms with E-state index in [4.69, 9.17) is 4.42 Å². The highest BCUT2D eigenvalue weighted by Gasteiger charge is 2.22. The first kappa shape index (κ1) is 34.6. The van der Waals surface area contributed by atoms with Crippen LogP contribution in [0.15, 0.2) is 192 Å². The monoisotopic (exact) mass is 780 g/mol. The highest BCUT2D eigenvalue weighted by molar-refractivity contribution is 7.27. The average molecular weight is 781 g/mol. The molecule has 0 aliphatic heterocycles.